The maximum Gasteiger partial charge on any atom is -0.269 e. The van der Waals surface area contributed by atoms with Crippen molar-refractivity contribution < 1.29 is 14.1 Å². The molecule has 41 valence electrons. The molecule has 0 amide bonds. The Labute approximate surface area is 48.5 Å². The van der Waals surface area contributed by atoms with Crippen LogP contribution in [-0.4, -0.2) is 22.5 Å². The van der Waals surface area contributed by atoms with E-state index in [9.17, 15) is 0 Å². The molecule has 0 bridgehead atoms. The number of halogens is 3. The molecule has 3 radical (unpaired) electrons. The molecule has 0 aliphatic carbocycles. The third-order valence-corrected chi connectivity index (χ3v) is 0. The minimum atomic E-state index is 0. The van der Waals surface area contributed by atoms with E-state index in [1.165, 1.54) is 4.44 Å². The predicted octanol–water partition coefficient (Wildman–Crippen LogP) is 1.05. The van der Waals surface area contributed by atoms with Gasteiger partial charge in [0.05, 0.1) is 0 Å². The number of hydrogen-bond donors (Lipinski definition) is 0. The van der Waals surface area contributed by atoms with E-state index >= 15 is 0 Å². The third kappa shape index (κ3) is 171. The Balaban J connectivity index is -0.00000000667. The molecule has 6 heavy (non-hydrogen) atoms. The predicted molar refractivity (Wildman–Crippen MR) is 23.7 cm³/mol. The molecule has 0 spiro atoms. The first kappa shape index (κ1) is 30.7. The second kappa shape index (κ2) is 46.6. The first-order valence-electron chi connectivity index (χ1n) is 1.06. The molecular formula is C2H8F3Sn. The molecule has 0 N–H and O–H groups in total. The molecular weight excluding hydrogens is 200 g/mol. The molecule has 0 saturated carbocycles. The maximum atomic E-state index is 2.16. The van der Waals surface area contributed by atoms with Gasteiger partial charge in [-0.1, -0.05) is 0 Å². The van der Waals surface area contributed by atoms with Crippen LogP contribution in [0.15, 0.2) is 0 Å². The maximum absolute atomic E-state index is 2.16. The zero-order chi connectivity index (χ0) is 2.71. The fraction of sp³-hybridized carbons (Fsp3) is 1.00. The van der Waals surface area contributed by atoms with Crippen LogP contribution in [0.25, 0.3) is 0 Å². The summed E-state index contributed by atoms with van der Waals surface area (Å²) in [4.78, 5) is 0. The van der Waals surface area contributed by atoms with Gasteiger partial charge in [0.15, 0.2) is 0 Å². The van der Waals surface area contributed by atoms with Gasteiger partial charge in [0.2, 0.25) is 0 Å². The van der Waals surface area contributed by atoms with Crippen molar-refractivity contribution in [2.45, 2.75) is 11.4 Å². The first-order chi connectivity index (χ1) is 1.41. The van der Waals surface area contributed by atoms with E-state index in [1.807, 2.05) is 0 Å². The second-order valence-corrected chi connectivity index (χ2v) is 2.37. The van der Waals surface area contributed by atoms with Gasteiger partial charge in [0.1, 0.15) is 0 Å². The summed E-state index contributed by atoms with van der Waals surface area (Å²) in [5.41, 5.74) is 0. The molecule has 0 aromatic carbocycles. The van der Waals surface area contributed by atoms with Crippen LogP contribution < -0.4 is 0 Å². The summed E-state index contributed by atoms with van der Waals surface area (Å²) in [5.74, 6) is 0. The van der Waals surface area contributed by atoms with E-state index in [0.717, 1.165) is 0 Å². The number of rotatable bonds is 0. The van der Waals surface area contributed by atoms with E-state index in [4.69, 9.17) is 0 Å². The van der Waals surface area contributed by atoms with Crippen LogP contribution in [0.4, 0.5) is 14.1 Å². The van der Waals surface area contributed by atoms with Gasteiger partial charge in [0.25, 0.3) is 0 Å². The summed E-state index contributed by atoms with van der Waals surface area (Å²) in [5, 5.41) is 0. The SMILES string of the molecule is C[CH2][Sn].F.F.F. The molecule has 0 aromatic rings. The molecule has 0 rings (SSSR count). The fourth-order valence-corrected chi connectivity index (χ4v) is 0. The van der Waals surface area contributed by atoms with E-state index in [1.54, 1.807) is 22.5 Å². The van der Waals surface area contributed by atoms with Crippen molar-refractivity contribution in [3.8, 4) is 0 Å². The van der Waals surface area contributed by atoms with Crippen molar-refractivity contribution in [2.75, 3.05) is 0 Å². The third-order valence-electron chi connectivity index (χ3n) is 0. The monoisotopic (exact) mass is 209 g/mol. The Morgan fingerprint density at radius 2 is 1.17 bits per heavy atom. The Morgan fingerprint density at radius 1 is 1.17 bits per heavy atom. The average molecular weight is 208 g/mol. The van der Waals surface area contributed by atoms with Crippen LogP contribution in [0, 0.1) is 0 Å². The summed E-state index contributed by atoms with van der Waals surface area (Å²) in [6, 6.07) is 0. The van der Waals surface area contributed by atoms with E-state index in [0.29, 0.717) is 0 Å². The van der Waals surface area contributed by atoms with Gasteiger partial charge in [-0.3, -0.25) is 14.1 Å². The molecule has 0 saturated heterocycles. The molecule has 0 nitrogen and oxygen atoms in total. The molecule has 0 atom stereocenters. The largest absolute Gasteiger partial charge is 0.269 e. The van der Waals surface area contributed by atoms with Gasteiger partial charge in [-0.15, -0.1) is 0 Å². The van der Waals surface area contributed by atoms with Crippen LogP contribution >= 0.6 is 0 Å². The van der Waals surface area contributed by atoms with Crippen molar-refractivity contribution in [2.24, 2.45) is 0 Å². The van der Waals surface area contributed by atoms with Gasteiger partial charge in [0, 0.05) is 0 Å². The fourth-order valence-electron chi connectivity index (χ4n) is 0. The second-order valence-electron chi connectivity index (χ2n) is 0.354. The van der Waals surface area contributed by atoms with Crippen LogP contribution in [0.1, 0.15) is 6.92 Å². The summed E-state index contributed by atoms with van der Waals surface area (Å²) in [6.45, 7) is 2.16. The van der Waals surface area contributed by atoms with Crippen LogP contribution in [0.2, 0.25) is 4.44 Å². The smallest absolute Gasteiger partial charge is 0.269 e. The molecule has 0 heterocycles. The Bertz CT molecular complexity index is 8.75. The zero-order valence-electron chi connectivity index (χ0n) is 3.43. The van der Waals surface area contributed by atoms with Crippen molar-refractivity contribution >= 4 is 22.5 Å². The summed E-state index contributed by atoms with van der Waals surface area (Å²) >= 11 is 1.64. The van der Waals surface area contributed by atoms with Gasteiger partial charge >= 0.3 is 33.9 Å². The summed E-state index contributed by atoms with van der Waals surface area (Å²) in [7, 11) is 0. The van der Waals surface area contributed by atoms with Gasteiger partial charge in [-0.05, 0) is 0 Å². The van der Waals surface area contributed by atoms with Crippen LogP contribution in [0.5, 0.6) is 0 Å². The van der Waals surface area contributed by atoms with E-state index in [2.05, 4.69) is 6.92 Å². The summed E-state index contributed by atoms with van der Waals surface area (Å²) in [6.07, 6.45) is 0. The number of hydrogen-bond acceptors (Lipinski definition) is 0. The van der Waals surface area contributed by atoms with E-state index in [-0.39, 0.29) is 14.1 Å². The Morgan fingerprint density at radius 3 is 1.17 bits per heavy atom. The quantitative estimate of drug-likeness (QED) is 0.521. The minimum absolute atomic E-state index is 0. The Kier molecular flexibility index (Phi) is 239. The van der Waals surface area contributed by atoms with Gasteiger partial charge in [-0.2, -0.15) is 0 Å². The van der Waals surface area contributed by atoms with Crippen molar-refractivity contribution in [1.82, 2.24) is 0 Å². The molecule has 0 fully saturated rings. The molecule has 0 aliphatic heterocycles. The molecule has 0 aromatic heterocycles. The van der Waals surface area contributed by atoms with Crippen molar-refractivity contribution in [1.29, 1.82) is 0 Å². The van der Waals surface area contributed by atoms with Crippen molar-refractivity contribution in [3.05, 3.63) is 0 Å². The normalized spacial score (nSPS) is 3.00. The van der Waals surface area contributed by atoms with Crippen LogP contribution in [0.3, 0.4) is 0 Å². The zero-order valence-corrected chi connectivity index (χ0v) is 6.29. The van der Waals surface area contributed by atoms with Crippen molar-refractivity contribution in [3.63, 3.8) is 0 Å². The Hall–Kier alpha value is 0.589. The van der Waals surface area contributed by atoms with Gasteiger partial charge < -0.3 is 0 Å². The topological polar surface area (TPSA) is 0 Å². The van der Waals surface area contributed by atoms with Crippen LogP contribution in [-0.2, 0) is 0 Å². The molecule has 4 heteroatoms. The molecule has 0 unspecified atom stereocenters. The van der Waals surface area contributed by atoms with Gasteiger partial charge in [-0.25, -0.2) is 0 Å². The summed E-state index contributed by atoms with van der Waals surface area (Å²) < 4.78 is 1.34. The van der Waals surface area contributed by atoms with E-state index < -0.39 is 0 Å². The first-order valence-corrected chi connectivity index (χ1v) is 3.08. The minimum Gasteiger partial charge on any atom is -0.269 e. The average Bonchev–Trinajstić information content (AvgIpc) is 0.918. The standard InChI is InChI=1S/C2H5.3FH.Sn/c1-2;;;;/h1H2,2H3;3*1H;. The molecule has 0 aliphatic rings.